The lowest BCUT2D eigenvalue weighted by Gasteiger charge is -2.15. The van der Waals surface area contributed by atoms with Crippen LogP contribution >= 0.6 is 23.8 Å². The minimum atomic E-state index is 0.370. The number of hydrogen-bond donors (Lipinski definition) is 1. The van der Waals surface area contributed by atoms with E-state index in [-0.39, 0.29) is 0 Å². The van der Waals surface area contributed by atoms with E-state index in [9.17, 15) is 0 Å². The fourth-order valence-electron chi connectivity index (χ4n) is 2.89. The molecule has 5 heteroatoms. The topological polar surface area (TPSA) is 30.5 Å². The van der Waals surface area contributed by atoms with Gasteiger partial charge in [0.1, 0.15) is 11.6 Å². The minimum Gasteiger partial charge on any atom is -0.490 e. The van der Waals surface area contributed by atoms with Crippen LogP contribution in [-0.4, -0.2) is 11.6 Å². The van der Waals surface area contributed by atoms with Crippen molar-refractivity contribution in [3.63, 3.8) is 0 Å². The zero-order valence-corrected chi connectivity index (χ0v) is 18.1. The van der Waals surface area contributed by atoms with Crippen LogP contribution < -0.4 is 14.8 Å². The van der Waals surface area contributed by atoms with Gasteiger partial charge in [0.25, 0.3) is 0 Å². The molecular weight excluding hydrogens is 402 g/mol. The van der Waals surface area contributed by atoms with Crippen LogP contribution in [0, 0.1) is 6.92 Å². The van der Waals surface area contributed by atoms with Crippen molar-refractivity contribution in [3.8, 4) is 11.5 Å². The van der Waals surface area contributed by atoms with Crippen molar-refractivity contribution in [1.29, 1.82) is 0 Å². The van der Waals surface area contributed by atoms with E-state index in [0.717, 1.165) is 11.1 Å². The molecule has 0 heterocycles. The van der Waals surface area contributed by atoms with Crippen molar-refractivity contribution in [2.75, 3.05) is 6.61 Å². The van der Waals surface area contributed by atoms with E-state index < -0.39 is 0 Å². The first-order valence-corrected chi connectivity index (χ1v) is 10.3. The normalized spacial score (nSPS) is 10.4. The summed E-state index contributed by atoms with van der Waals surface area (Å²) in [5.74, 6) is 1.33. The predicted octanol–water partition coefficient (Wildman–Crippen LogP) is 6.09. The predicted molar refractivity (Wildman–Crippen MR) is 123 cm³/mol. The molecule has 29 heavy (non-hydrogen) atoms. The lowest BCUT2D eigenvalue weighted by atomic mass is 10.1. The van der Waals surface area contributed by atoms with Gasteiger partial charge in [-0.3, -0.25) is 0 Å². The number of ether oxygens (including phenoxy) is 2. The molecule has 0 radical (unpaired) electrons. The molecule has 0 saturated carbocycles. The third-order valence-electron chi connectivity index (χ3n) is 4.55. The molecule has 0 aliphatic carbocycles. The second-order valence-electron chi connectivity index (χ2n) is 6.58. The average molecular weight is 426 g/mol. The van der Waals surface area contributed by atoms with E-state index >= 15 is 0 Å². The Morgan fingerprint density at radius 1 is 0.931 bits per heavy atom. The molecule has 0 amide bonds. The summed E-state index contributed by atoms with van der Waals surface area (Å²) < 4.78 is 11.7. The molecule has 0 fully saturated rings. The molecule has 3 aromatic carbocycles. The van der Waals surface area contributed by atoms with Gasteiger partial charge >= 0.3 is 0 Å². The second-order valence-corrected chi connectivity index (χ2v) is 7.40. The second kappa shape index (κ2) is 10.3. The molecule has 0 atom stereocenters. The molecule has 150 valence electrons. The number of hydrogen-bond acceptors (Lipinski definition) is 3. The number of halogens is 1. The summed E-state index contributed by atoms with van der Waals surface area (Å²) in [4.78, 5) is 0.673. The smallest absolute Gasteiger partial charge is 0.161 e. The maximum atomic E-state index is 6.22. The third kappa shape index (κ3) is 5.72. The molecule has 3 aromatic rings. The van der Waals surface area contributed by atoms with E-state index in [2.05, 4.69) is 24.4 Å². The van der Waals surface area contributed by atoms with E-state index in [1.807, 2.05) is 61.5 Å². The Labute approximate surface area is 182 Å². The average Bonchev–Trinajstić information content (AvgIpc) is 2.73. The summed E-state index contributed by atoms with van der Waals surface area (Å²) in [6.45, 7) is 5.63. The van der Waals surface area contributed by atoms with Gasteiger partial charge in [0.2, 0.25) is 0 Å². The van der Waals surface area contributed by atoms with Gasteiger partial charge in [-0.2, -0.15) is 0 Å². The lowest BCUT2D eigenvalue weighted by Crippen LogP contribution is -2.22. The molecule has 0 aliphatic heterocycles. The van der Waals surface area contributed by atoms with Crippen molar-refractivity contribution >= 4 is 28.8 Å². The molecule has 0 saturated heterocycles. The van der Waals surface area contributed by atoms with Crippen LogP contribution in [0.1, 0.15) is 29.2 Å². The van der Waals surface area contributed by atoms with Crippen LogP contribution in [0.4, 0.5) is 0 Å². The number of aryl methyl sites for hydroxylation is 1. The summed E-state index contributed by atoms with van der Waals surface area (Å²) in [6.07, 6.45) is 0. The quantitative estimate of drug-likeness (QED) is 0.442. The van der Waals surface area contributed by atoms with Crippen LogP contribution in [0.25, 0.3) is 0 Å². The largest absolute Gasteiger partial charge is 0.490 e. The molecule has 0 aromatic heterocycles. The number of benzene rings is 3. The molecule has 1 N–H and O–H groups in total. The van der Waals surface area contributed by atoms with Gasteiger partial charge in [0, 0.05) is 22.7 Å². The van der Waals surface area contributed by atoms with Crippen molar-refractivity contribution in [2.24, 2.45) is 0 Å². The maximum Gasteiger partial charge on any atom is 0.161 e. The van der Waals surface area contributed by atoms with Crippen LogP contribution in [0.2, 0.25) is 5.02 Å². The standard InChI is InChI=1S/C24H24ClNO2S/c1-3-27-23-14-18(24(29)26-15-19-9-5-4-8-17(19)2)12-13-22(23)28-16-20-10-6-7-11-21(20)25/h4-14H,3,15-16H2,1-2H3,(H,26,29). The van der Waals surface area contributed by atoms with E-state index in [1.165, 1.54) is 11.1 Å². The monoisotopic (exact) mass is 425 g/mol. The molecule has 0 unspecified atom stereocenters. The Bertz CT molecular complexity index is 990. The van der Waals surface area contributed by atoms with Crippen LogP contribution in [-0.2, 0) is 13.2 Å². The molecule has 3 rings (SSSR count). The van der Waals surface area contributed by atoms with E-state index in [4.69, 9.17) is 33.3 Å². The van der Waals surface area contributed by atoms with Gasteiger partial charge in [-0.05, 0) is 49.2 Å². The molecule has 0 spiro atoms. The Balaban J connectivity index is 1.70. The molecule has 3 nitrogen and oxygen atoms in total. The third-order valence-corrected chi connectivity index (χ3v) is 5.30. The molecular formula is C24H24ClNO2S. The van der Waals surface area contributed by atoms with Crippen LogP contribution in [0.15, 0.2) is 66.7 Å². The Morgan fingerprint density at radius 2 is 1.66 bits per heavy atom. The first-order chi connectivity index (χ1) is 14.1. The highest BCUT2D eigenvalue weighted by molar-refractivity contribution is 7.80. The van der Waals surface area contributed by atoms with Gasteiger partial charge in [0.15, 0.2) is 11.5 Å². The number of thiocarbonyl (C=S) groups is 1. The van der Waals surface area contributed by atoms with Gasteiger partial charge in [-0.25, -0.2) is 0 Å². The van der Waals surface area contributed by atoms with Gasteiger partial charge in [0.05, 0.1) is 6.61 Å². The van der Waals surface area contributed by atoms with Crippen LogP contribution in [0.5, 0.6) is 11.5 Å². The maximum absolute atomic E-state index is 6.22. The fourth-order valence-corrected chi connectivity index (χ4v) is 3.28. The highest BCUT2D eigenvalue weighted by Crippen LogP contribution is 2.30. The first kappa shape index (κ1) is 21.2. The SMILES string of the molecule is CCOc1cc(C(=S)NCc2ccccc2C)ccc1OCc1ccccc1Cl. The van der Waals surface area contributed by atoms with Crippen LogP contribution in [0.3, 0.4) is 0 Å². The minimum absolute atomic E-state index is 0.370. The Morgan fingerprint density at radius 3 is 2.38 bits per heavy atom. The zero-order valence-electron chi connectivity index (χ0n) is 16.6. The number of rotatable bonds is 8. The first-order valence-electron chi connectivity index (χ1n) is 9.54. The van der Waals surface area contributed by atoms with Crippen molar-refractivity contribution in [3.05, 3.63) is 94.0 Å². The number of nitrogens with one attached hydrogen (secondary N) is 1. The summed E-state index contributed by atoms with van der Waals surface area (Å²) in [6, 6.07) is 21.6. The van der Waals surface area contributed by atoms with Crippen molar-refractivity contribution in [1.82, 2.24) is 5.32 Å². The van der Waals surface area contributed by atoms with Crippen molar-refractivity contribution < 1.29 is 9.47 Å². The highest BCUT2D eigenvalue weighted by atomic mass is 35.5. The Kier molecular flexibility index (Phi) is 7.50. The summed E-state index contributed by atoms with van der Waals surface area (Å²) >= 11 is 11.8. The van der Waals surface area contributed by atoms with Gasteiger partial charge < -0.3 is 14.8 Å². The van der Waals surface area contributed by atoms with Crippen molar-refractivity contribution in [2.45, 2.75) is 27.0 Å². The summed E-state index contributed by atoms with van der Waals surface area (Å²) in [5, 5.41) is 4.01. The Hall–Kier alpha value is -2.56. The highest BCUT2D eigenvalue weighted by Gasteiger charge is 2.11. The molecule has 0 aliphatic rings. The molecule has 0 bridgehead atoms. The fraction of sp³-hybridized carbons (Fsp3) is 0.208. The van der Waals surface area contributed by atoms with Gasteiger partial charge in [-0.15, -0.1) is 0 Å². The van der Waals surface area contributed by atoms with Gasteiger partial charge in [-0.1, -0.05) is 66.3 Å². The lowest BCUT2D eigenvalue weighted by molar-refractivity contribution is 0.269. The summed E-state index contributed by atoms with van der Waals surface area (Å²) in [7, 11) is 0. The van der Waals surface area contributed by atoms with E-state index in [0.29, 0.717) is 41.3 Å². The van der Waals surface area contributed by atoms with E-state index in [1.54, 1.807) is 0 Å². The zero-order chi connectivity index (χ0) is 20.6. The summed E-state index contributed by atoms with van der Waals surface area (Å²) in [5.41, 5.74) is 4.28.